The smallest absolute Gasteiger partial charge is 0.238 e. The molecule has 3 aliphatic heterocycles. The van der Waals surface area contributed by atoms with E-state index in [9.17, 15) is 4.79 Å². The maximum Gasteiger partial charge on any atom is 0.238 e. The minimum Gasteiger partial charge on any atom is -0.368 e. The summed E-state index contributed by atoms with van der Waals surface area (Å²) in [4.78, 5) is 17.3. The maximum absolute atomic E-state index is 12.3. The second-order valence-corrected chi connectivity index (χ2v) is 7.02. The highest BCUT2D eigenvalue weighted by Crippen LogP contribution is 2.67. The summed E-state index contributed by atoms with van der Waals surface area (Å²) in [6.45, 7) is 2.16. The Kier molecular flexibility index (Phi) is 2.53. The molecule has 4 heteroatoms. The number of carbonyl (C=O) groups is 1. The van der Waals surface area contributed by atoms with E-state index >= 15 is 0 Å². The van der Waals surface area contributed by atoms with Crippen molar-refractivity contribution in [3.63, 3.8) is 0 Å². The van der Waals surface area contributed by atoms with E-state index in [4.69, 9.17) is 5.73 Å². The fourth-order valence-electron chi connectivity index (χ4n) is 5.72. The molecule has 4 aliphatic rings. The molecule has 1 saturated carbocycles. The van der Waals surface area contributed by atoms with E-state index < -0.39 is 0 Å². The summed E-state index contributed by atoms with van der Waals surface area (Å²) in [5.74, 6) is 1.02. The first-order chi connectivity index (χ1) is 9.19. The van der Waals surface area contributed by atoms with Crippen molar-refractivity contribution in [1.82, 2.24) is 9.80 Å². The Bertz CT molecular complexity index is 386. The fraction of sp³-hybridized carbons (Fsp3) is 0.933. The molecular formula is C15H25N3O. The van der Waals surface area contributed by atoms with Crippen molar-refractivity contribution in [2.75, 3.05) is 20.1 Å². The molecule has 0 spiro atoms. The highest BCUT2D eigenvalue weighted by atomic mass is 16.2. The molecular weight excluding hydrogens is 238 g/mol. The Morgan fingerprint density at radius 2 is 1.63 bits per heavy atom. The van der Waals surface area contributed by atoms with Crippen LogP contribution in [0.25, 0.3) is 0 Å². The van der Waals surface area contributed by atoms with Gasteiger partial charge in [-0.1, -0.05) is 12.8 Å². The van der Waals surface area contributed by atoms with E-state index in [1.54, 1.807) is 0 Å². The second-order valence-electron chi connectivity index (χ2n) is 7.02. The van der Waals surface area contributed by atoms with Crippen LogP contribution >= 0.6 is 0 Å². The van der Waals surface area contributed by atoms with Crippen LogP contribution in [0.5, 0.6) is 0 Å². The van der Waals surface area contributed by atoms with Gasteiger partial charge in [-0.25, -0.2) is 0 Å². The van der Waals surface area contributed by atoms with Crippen LogP contribution < -0.4 is 5.73 Å². The van der Waals surface area contributed by atoms with Crippen LogP contribution in [0.4, 0.5) is 0 Å². The summed E-state index contributed by atoms with van der Waals surface area (Å²) in [6.07, 6.45) is 7.64. The van der Waals surface area contributed by atoms with E-state index in [0.717, 1.165) is 13.1 Å². The topological polar surface area (TPSA) is 49.6 Å². The number of primary amides is 1. The normalized spacial score (nSPS) is 49.9. The minimum atomic E-state index is -0.261. The summed E-state index contributed by atoms with van der Waals surface area (Å²) in [7, 11) is 2.25. The molecule has 4 fully saturated rings. The average Bonchev–Trinajstić information content (AvgIpc) is 3.07. The number of amides is 1. The summed E-state index contributed by atoms with van der Waals surface area (Å²) in [6, 6.07) is 1.22. The number of rotatable bonds is 2. The van der Waals surface area contributed by atoms with Gasteiger partial charge in [-0.3, -0.25) is 14.6 Å². The molecule has 1 aliphatic carbocycles. The molecule has 4 rings (SSSR count). The van der Waals surface area contributed by atoms with E-state index in [1.165, 1.54) is 38.5 Å². The lowest BCUT2D eigenvalue weighted by Crippen LogP contribution is -2.58. The Hall–Kier alpha value is -0.610. The first kappa shape index (κ1) is 12.2. The van der Waals surface area contributed by atoms with E-state index in [1.807, 2.05) is 0 Å². The average molecular weight is 263 g/mol. The zero-order valence-electron chi connectivity index (χ0n) is 11.8. The number of carbonyl (C=O) groups excluding carboxylic acids is 1. The molecule has 2 bridgehead atoms. The number of fused-ring (bicyclic) bond motifs is 5. The number of nitrogens with two attached hydrogens (primary N) is 1. The van der Waals surface area contributed by atoms with Gasteiger partial charge in [0, 0.05) is 23.9 Å². The van der Waals surface area contributed by atoms with E-state index in [-0.39, 0.29) is 11.4 Å². The number of hydrogen-bond donors (Lipinski definition) is 1. The predicted octanol–water partition coefficient (Wildman–Crippen LogP) is 0.809. The van der Waals surface area contributed by atoms with Gasteiger partial charge in [-0.15, -0.1) is 0 Å². The number of nitrogens with zero attached hydrogens (tertiary/aromatic N) is 2. The van der Waals surface area contributed by atoms with Gasteiger partial charge in [0.25, 0.3) is 0 Å². The third-order valence-corrected chi connectivity index (χ3v) is 6.44. The molecule has 3 saturated heterocycles. The molecule has 106 valence electrons. The van der Waals surface area contributed by atoms with Crippen molar-refractivity contribution in [2.45, 2.75) is 56.1 Å². The van der Waals surface area contributed by atoms with Gasteiger partial charge in [0.15, 0.2) is 0 Å². The van der Waals surface area contributed by atoms with Crippen molar-refractivity contribution in [3.8, 4) is 0 Å². The summed E-state index contributed by atoms with van der Waals surface area (Å²) < 4.78 is 0. The molecule has 0 aromatic rings. The van der Waals surface area contributed by atoms with Gasteiger partial charge in [-0.05, 0) is 45.8 Å². The first-order valence-corrected chi connectivity index (χ1v) is 7.96. The van der Waals surface area contributed by atoms with Crippen LogP contribution in [0.15, 0.2) is 0 Å². The third kappa shape index (κ3) is 1.34. The van der Waals surface area contributed by atoms with Crippen LogP contribution in [0, 0.1) is 11.8 Å². The lowest BCUT2D eigenvalue weighted by Gasteiger charge is -2.43. The van der Waals surface area contributed by atoms with Crippen LogP contribution in [-0.4, -0.2) is 53.5 Å². The molecule has 3 heterocycles. The van der Waals surface area contributed by atoms with Crippen molar-refractivity contribution in [3.05, 3.63) is 0 Å². The van der Waals surface area contributed by atoms with Gasteiger partial charge >= 0.3 is 0 Å². The van der Waals surface area contributed by atoms with E-state index in [0.29, 0.717) is 23.9 Å². The van der Waals surface area contributed by atoms with Crippen LogP contribution in [-0.2, 0) is 4.79 Å². The number of likely N-dealkylation sites (tertiary alicyclic amines) is 1. The maximum atomic E-state index is 12.3. The molecule has 1 amide bonds. The Labute approximate surface area is 115 Å². The Morgan fingerprint density at radius 1 is 1.05 bits per heavy atom. The van der Waals surface area contributed by atoms with Crippen molar-refractivity contribution < 1.29 is 4.79 Å². The number of piperidine rings is 3. The van der Waals surface area contributed by atoms with Gasteiger partial charge < -0.3 is 5.73 Å². The third-order valence-electron chi connectivity index (χ3n) is 6.44. The zero-order chi connectivity index (χ0) is 13.2. The zero-order valence-corrected chi connectivity index (χ0v) is 11.8. The molecule has 0 aromatic heterocycles. The summed E-state index contributed by atoms with van der Waals surface area (Å²) >= 11 is 0. The lowest BCUT2D eigenvalue weighted by atomic mass is 9.90. The van der Waals surface area contributed by atoms with Gasteiger partial charge in [-0.2, -0.15) is 0 Å². The van der Waals surface area contributed by atoms with Crippen LogP contribution in [0.2, 0.25) is 0 Å². The van der Waals surface area contributed by atoms with Gasteiger partial charge in [0.05, 0.1) is 0 Å². The van der Waals surface area contributed by atoms with Gasteiger partial charge in [0.2, 0.25) is 5.91 Å². The molecule has 1 unspecified atom stereocenters. The largest absolute Gasteiger partial charge is 0.368 e. The Morgan fingerprint density at radius 3 is 2.16 bits per heavy atom. The fourth-order valence-corrected chi connectivity index (χ4v) is 5.72. The van der Waals surface area contributed by atoms with E-state index in [2.05, 4.69) is 16.8 Å². The minimum absolute atomic E-state index is 0.0330. The van der Waals surface area contributed by atoms with Crippen molar-refractivity contribution in [2.24, 2.45) is 17.6 Å². The second kappa shape index (κ2) is 3.95. The Balaban J connectivity index is 1.67. The molecule has 2 N–H and O–H groups in total. The number of hydrogen-bond acceptors (Lipinski definition) is 3. The molecule has 4 nitrogen and oxygen atoms in total. The van der Waals surface area contributed by atoms with Crippen LogP contribution in [0.3, 0.4) is 0 Å². The summed E-state index contributed by atoms with van der Waals surface area (Å²) in [5.41, 5.74) is 5.64. The first-order valence-electron chi connectivity index (χ1n) is 7.96. The van der Waals surface area contributed by atoms with Crippen molar-refractivity contribution >= 4 is 5.91 Å². The highest BCUT2D eigenvalue weighted by Gasteiger charge is 2.80. The van der Waals surface area contributed by atoms with Crippen molar-refractivity contribution in [1.29, 1.82) is 0 Å². The standard InChI is InChI=1S/C15H25N3O/c1-17-10-6-5-7-11(17)13-12(10)15(13,14(16)19)18-8-3-2-4-9-18/h10-13H,2-9H2,1H3,(H2,16,19)/t10-,11+,12-,13+,15?. The SMILES string of the molecule is CN1[C@@H]2CCC[C@H]1[C@H]1[C@@H]2C1(C(N)=O)N1CCCCC1. The van der Waals surface area contributed by atoms with Crippen LogP contribution in [0.1, 0.15) is 38.5 Å². The van der Waals surface area contributed by atoms with Gasteiger partial charge in [0.1, 0.15) is 5.54 Å². The molecule has 0 aromatic carbocycles. The molecule has 19 heavy (non-hydrogen) atoms. The monoisotopic (exact) mass is 263 g/mol. The predicted molar refractivity (Wildman–Crippen MR) is 73.5 cm³/mol. The molecule has 5 atom stereocenters. The summed E-state index contributed by atoms with van der Waals surface area (Å²) in [5, 5.41) is 0. The molecule has 0 radical (unpaired) electrons. The lowest BCUT2D eigenvalue weighted by molar-refractivity contribution is -0.128. The quantitative estimate of drug-likeness (QED) is 0.802. The highest BCUT2D eigenvalue weighted by molar-refractivity contribution is 5.90.